The molecule has 0 aliphatic heterocycles. The predicted octanol–water partition coefficient (Wildman–Crippen LogP) is 2.52. The molecule has 16 heavy (non-hydrogen) atoms. The fraction of sp³-hybridized carbons (Fsp3) is 0.750. The van der Waals surface area contributed by atoms with E-state index in [4.69, 9.17) is 4.74 Å². The van der Waals surface area contributed by atoms with Crippen molar-refractivity contribution in [2.45, 2.75) is 46.3 Å². The Bertz CT molecular complexity index is 286. The van der Waals surface area contributed by atoms with Gasteiger partial charge in [0.1, 0.15) is 0 Å². The second-order valence-corrected chi connectivity index (χ2v) is 3.94. The van der Waals surface area contributed by atoms with Gasteiger partial charge in [0.15, 0.2) is 0 Å². The Kier molecular flexibility index (Phi) is 5.93. The highest BCUT2D eigenvalue weighted by Gasteiger charge is 2.04. The first kappa shape index (κ1) is 13.0. The summed E-state index contributed by atoms with van der Waals surface area (Å²) in [5.41, 5.74) is 0. The Morgan fingerprint density at radius 1 is 1.50 bits per heavy atom. The maximum atomic E-state index is 5.46. The summed E-state index contributed by atoms with van der Waals surface area (Å²) >= 11 is 0. The van der Waals surface area contributed by atoms with Crippen LogP contribution in [-0.4, -0.2) is 28.8 Å². The highest BCUT2D eigenvalue weighted by atomic mass is 16.5. The zero-order valence-corrected chi connectivity index (χ0v) is 10.6. The number of imidazole rings is 1. The lowest BCUT2D eigenvalue weighted by atomic mass is 10.3. The maximum Gasteiger partial charge on any atom is 0.202 e. The third kappa shape index (κ3) is 4.23. The van der Waals surface area contributed by atoms with Gasteiger partial charge in [-0.1, -0.05) is 13.3 Å². The van der Waals surface area contributed by atoms with E-state index in [0.717, 1.165) is 25.6 Å². The van der Waals surface area contributed by atoms with Crippen molar-refractivity contribution in [3.8, 4) is 0 Å². The lowest BCUT2D eigenvalue weighted by molar-refractivity contribution is 0.0853. The monoisotopic (exact) mass is 225 g/mol. The number of nitrogens with one attached hydrogen (secondary N) is 1. The average Bonchev–Trinajstić information content (AvgIpc) is 2.71. The molecule has 0 aromatic carbocycles. The van der Waals surface area contributed by atoms with Gasteiger partial charge in [-0.15, -0.1) is 0 Å². The van der Waals surface area contributed by atoms with Crippen molar-refractivity contribution in [3.63, 3.8) is 0 Å². The number of hydrogen-bond donors (Lipinski definition) is 1. The van der Waals surface area contributed by atoms with Crippen LogP contribution >= 0.6 is 0 Å². The molecule has 1 rings (SSSR count). The predicted molar refractivity (Wildman–Crippen MR) is 66.7 cm³/mol. The fourth-order valence-corrected chi connectivity index (χ4v) is 1.56. The Labute approximate surface area is 98.0 Å². The minimum Gasteiger partial charge on any atom is -0.377 e. The van der Waals surface area contributed by atoms with Crippen LogP contribution in [0.1, 0.15) is 33.6 Å². The van der Waals surface area contributed by atoms with E-state index >= 15 is 0 Å². The molecule has 0 saturated heterocycles. The van der Waals surface area contributed by atoms with Crippen molar-refractivity contribution in [2.75, 3.05) is 18.5 Å². The molecule has 1 aromatic rings. The first-order valence-corrected chi connectivity index (χ1v) is 6.14. The summed E-state index contributed by atoms with van der Waals surface area (Å²) in [5, 5.41) is 3.31. The van der Waals surface area contributed by atoms with Crippen LogP contribution in [0.25, 0.3) is 0 Å². The third-order valence-corrected chi connectivity index (χ3v) is 2.47. The second kappa shape index (κ2) is 7.28. The van der Waals surface area contributed by atoms with E-state index < -0.39 is 0 Å². The van der Waals surface area contributed by atoms with Crippen LogP contribution in [0.2, 0.25) is 0 Å². The van der Waals surface area contributed by atoms with E-state index in [9.17, 15) is 0 Å². The number of hydrogen-bond acceptors (Lipinski definition) is 3. The maximum absolute atomic E-state index is 5.46. The SMILES string of the molecule is CCCCn1ccnc1NCC(C)OCC. The molecule has 0 spiro atoms. The highest BCUT2D eigenvalue weighted by molar-refractivity contribution is 5.25. The molecule has 0 amide bonds. The lowest BCUT2D eigenvalue weighted by Gasteiger charge is -2.14. The number of unbranched alkanes of at least 4 members (excludes halogenated alkanes) is 1. The van der Waals surface area contributed by atoms with Gasteiger partial charge in [-0.3, -0.25) is 0 Å². The minimum atomic E-state index is 0.223. The van der Waals surface area contributed by atoms with Crippen LogP contribution in [0.3, 0.4) is 0 Å². The standard InChI is InChI=1S/C12H23N3O/c1-4-6-8-15-9-7-13-12(15)14-10-11(3)16-5-2/h7,9,11H,4-6,8,10H2,1-3H3,(H,13,14). The van der Waals surface area contributed by atoms with E-state index in [1.54, 1.807) is 0 Å². The summed E-state index contributed by atoms with van der Waals surface area (Å²) in [6.07, 6.45) is 6.47. The number of ether oxygens (including phenoxy) is 1. The van der Waals surface area contributed by atoms with Gasteiger partial charge in [0.25, 0.3) is 0 Å². The van der Waals surface area contributed by atoms with Crippen LogP contribution in [-0.2, 0) is 11.3 Å². The van der Waals surface area contributed by atoms with Gasteiger partial charge in [0, 0.05) is 32.1 Å². The van der Waals surface area contributed by atoms with Crippen molar-refractivity contribution < 1.29 is 4.74 Å². The van der Waals surface area contributed by atoms with Crippen LogP contribution in [0.5, 0.6) is 0 Å². The highest BCUT2D eigenvalue weighted by Crippen LogP contribution is 2.06. The van der Waals surface area contributed by atoms with Gasteiger partial charge in [0.2, 0.25) is 5.95 Å². The summed E-state index contributed by atoms with van der Waals surface area (Å²) in [6, 6.07) is 0. The molecule has 1 heterocycles. The number of aromatic nitrogens is 2. The van der Waals surface area contributed by atoms with Crippen molar-refractivity contribution in [1.29, 1.82) is 0 Å². The molecule has 0 bridgehead atoms. The quantitative estimate of drug-likeness (QED) is 0.739. The van der Waals surface area contributed by atoms with Crippen LogP contribution in [0.4, 0.5) is 5.95 Å². The van der Waals surface area contributed by atoms with E-state index in [0.29, 0.717) is 0 Å². The lowest BCUT2D eigenvalue weighted by Crippen LogP contribution is -2.21. The summed E-state index contributed by atoms with van der Waals surface area (Å²) in [4.78, 5) is 4.30. The summed E-state index contributed by atoms with van der Waals surface area (Å²) in [5.74, 6) is 0.944. The van der Waals surface area contributed by atoms with Gasteiger partial charge in [-0.25, -0.2) is 4.98 Å². The molecule has 1 atom stereocenters. The molecule has 92 valence electrons. The topological polar surface area (TPSA) is 39.1 Å². The molecule has 0 fully saturated rings. The summed E-state index contributed by atoms with van der Waals surface area (Å²) in [6.45, 7) is 8.86. The van der Waals surface area contributed by atoms with E-state index in [1.165, 1.54) is 12.8 Å². The normalized spacial score (nSPS) is 12.7. The third-order valence-electron chi connectivity index (χ3n) is 2.47. The van der Waals surface area contributed by atoms with Crippen molar-refractivity contribution in [3.05, 3.63) is 12.4 Å². The Hall–Kier alpha value is -1.03. The summed E-state index contributed by atoms with van der Waals surface area (Å²) < 4.78 is 7.62. The Morgan fingerprint density at radius 2 is 2.31 bits per heavy atom. The van der Waals surface area contributed by atoms with Crippen LogP contribution in [0, 0.1) is 0 Å². The zero-order chi connectivity index (χ0) is 11.8. The average molecular weight is 225 g/mol. The first-order valence-electron chi connectivity index (χ1n) is 6.14. The van der Waals surface area contributed by atoms with Crippen molar-refractivity contribution in [2.24, 2.45) is 0 Å². The zero-order valence-electron chi connectivity index (χ0n) is 10.6. The Balaban J connectivity index is 2.37. The van der Waals surface area contributed by atoms with Gasteiger partial charge in [-0.05, 0) is 20.3 Å². The molecule has 0 aliphatic rings. The van der Waals surface area contributed by atoms with Gasteiger partial charge < -0.3 is 14.6 Å². The minimum absolute atomic E-state index is 0.223. The molecule has 0 aliphatic carbocycles. The molecular formula is C12H23N3O. The molecule has 4 nitrogen and oxygen atoms in total. The Morgan fingerprint density at radius 3 is 3.00 bits per heavy atom. The van der Waals surface area contributed by atoms with E-state index in [-0.39, 0.29) is 6.10 Å². The molecule has 0 saturated carbocycles. The molecule has 0 radical (unpaired) electrons. The smallest absolute Gasteiger partial charge is 0.202 e. The van der Waals surface area contributed by atoms with Gasteiger partial charge in [-0.2, -0.15) is 0 Å². The molecule has 1 unspecified atom stereocenters. The van der Waals surface area contributed by atoms with Crippen molar-refractivity contribution >= 4 is 5.95 Å². The summed E-state index contributed by atoms with van der Waals surface area (Å²) in [7, 11) is 0. The van der Waals surface area contributed by atoms with Gasteiger partial charge >= 0.3 is 0 Å². The number of nitrogens with zero attached hydrogens (tertiary/aromatic N) is 2. The molecule has 1 aromatic heterocycles. The number of rotatable bonds is 8. The van der Waals surface area contributed by atoms with E-state index in [1.807, 2.05) is 19.3 Å². The van der Waals surface area contributed by atoms with Crippen molar-refractivity contribution in [1.82, 2.24) is 9.55 Å². The molecule has 4 heteroatoms. The van der Waals surface area contributed by atoms with E-state index in [2.05, 4.69) is 28.7 Å². The second-order valence-electron chi connectivity index (χ2n) is 3.94. The number of anilines is 1. The fourth-order valence-electron chi connectivity index (χ4n) is 1.56. The molecule has 1 N–H and O–H groups in total. The van der Waals surface area contributed by atoms with Crippen LogP contribution in [0.15, 0.2) is 12.4 Å². The number of aryl methyl sites for hydroxylation is 1. The first-order chi connectivity index (χ1) is 7.77. The van der Waals surface area contributed by atoms with Crippen LogP contribution < -0.4 is 5.32 Å². The van der Waals surface area contributed by atoms with Gasteiger partial charge in [0.05, 0.1) is 6.10 Å². The largest absolute Gasteiger partial charge is 0.377 e. The molecular weight excluding hydrogens is 202 g/mol.